The molecule has 0 saturated carbocycles. The molecule has 1 unspecified atom stereocenters. The van der Waals surface area contributed by atoms with Crippen molar-refractivity contribution in [3.8, 4) is 11.5 Å². The van der Waals surface area contributed by atoms with Gasteiger partial charge in [-0.3, -0.25) is 4.79 Å². The highest BCUT2D eigenvalue weighted by molar-refractivity contribution is 5.92. The first kappa shape index (κ1) is 21.3. The molecular weight excluding hydrogens is 358 g/mol. The normalized spacial score (nSPS) is 11.4. The summed E-state index contributed by atoms with van der Waals surface area (Å²) in [5, 5.41) is 2.80. The number of benzene rings is 2. The van der Waals surface area contributed by atoms with Gasteiger partial charge in [-0.05, 0) is 37.1 Å². The van der Waals surface area contributed by atoms with Gasteiger partial charge in [0.05, 0.1) is 25.3 Å². The van der Waals surface area contributed by atoms with E-state index in [0.717, 1.165) is 18.4 Å². The van der Waals surface area contributed by atoms with Gasteiger partial charge in [-0.25, -0.2) is 4.79 Å². The monoisotopic (exact) mass is 385 g/mol. The molecule has 0 saturated heterocycles. The minimum atomic E-state index is -0.596. The molecule has 6 heteroatoms. The number of esters is 1. The third-order valence-corrected chi connectivity index (χ3v) is 4.17. The molecule has 1 amide bonds. The molecule has 0 fully saturated rings. The lowest BCUT2D eigenvalue weighted by Crippen LogP contribution is -2.31. The van der Waals surface area contributed by atoms with E-state index in [4.69, 9.17) is 14.2 Å². The van der Waals surface area contributed by atoms with Crippen LogP contribution in [0, 0.1) is 0 Å². The number of rotatable bonds is 10. The molecule has 28 heavy (non-hydrogen) atoms. The molecule has 1 N–H and O–H groups in total. The standard InChI is InChI=1S/C22H27NO5/c1-4-5-13-27-19-12-11-18(14-20(19)26-3)22(25)28-15-21(24)23-16(2)17-9-7-6-8-10-17/h6-12,14,16H,4-5,13,15H2,1-3H3,(H,23,24). The Morgan fingerprint density at radius 2 is 1.82 bits per heavy atom. The lowest BCUT2D eigenvalue weighted by Gasteiger charge is -2.14. The van der Waals surface area contributed by atoms with Crippen LogP contribution in [0.2, 0.25) is 0 Å². The van der Waals surface area contributed by atoms with Crippen molar-refractivity contribution < 1.29 is 23.8 Å². The zero-order chi connectivity index (χ0) is 20.4. The number of carbonyl (C=O) groups excluding carboxylic acids is 2. The molecule has 2 aromatic carbocycles. The quantitative estimate of drug-likeness (QED) is 0.496. The maximum absolute atomic E-state index is 12.2. The van der Waals surface area contributed by atoms with Gasteiger partial charge in [0.15, 0.2) is 18.1 Å². The third-order valence-electron chi connectivity index (χ3n) is 4.17. The van der Waals surface area contributed by atoms with Crippen LogP contribution in [0.15, 0.2) is 48.5 Å². The van der Waals surface area contributed by atoms with Gasteiger partial charge < -0.3 is 19.5 Å². The van der Waals surface area contributed by atoms with E-state index in [1.165, 1.54) is 7.11 Å². The van der Waals surface area contributed by atoms with Crippen LogP contribution in [0.1, 0.15) is 48.7 Å². The van der Waals surface area contributed by atoms with E-state index in [2.05, 4.69) is 12.2 Å². The summed E-state index contributed by atoms with van der Waals surface area (Å²) < 4.78 is 16.0. The molecule has 0 radical (unpaired) electrons. The minimum Gasteiger partial charge on any atom is -0.493 e. The van der Waals surface area contributed by atoms with Crippen molar-refractivity contribution in [1.29, 1.82) is 0 Å². The Bertz CT molecular complexity index is 776. The SMILES string of the molecule is CCCCOc1ccc(C(=O)OCC(=O)NC(C)c2ccccc2)cc1OC. The van der Waals surface area contributed by atoms with Gasteiger partial charge in [-0.15, -0.1) is 0 Å². The second-order valence-corrected chi connectivity index (χ2v) is 6.34. The Hall–Kier alpha value is -3.02. The number of ether oxygens (including phenoxy) is 3. The fraction of sp³-hybridized carbons (Fsp3) is 0.364. The summed E-state index contributed by atoms with van der Waals surface area (Å²) in [6, 6.07) is 14.2. The molecular formula is C22H27NO5. The number of nitrogens with one attached hydrogen (secondary N) is 1. The number of hydrogen-bond donors (Lipinski definition) is 1. The summed E-state index contributed by atoms with van der Waals surface area (Å²) in [5.41, 5.74) is 1.27. The average molecular weight is 385 g/mol. The van der Waals surface area contributed by atoms with Gasteiger partial charge in [0.1, 0.15) is 0 Å². The average Bonchev–Trinajstić information content (AvgIpc) is 2.73. The molecule has 0 aliphatic rings. The zero-order valence-corrected chi connectivity index (χ0v) is 16.6. The molecule has 6 nitrogen and oxygen atoms in total. The Kier molecular flexibility index (Phi) is 8.34. The highest BCUT2D eigenvalue weighted by Gasteiger charge is 2.15. The summed E-state index contributed by atoms with van der Waals surface area (Å²) in [6.07, 6.45) is 1.96. The smallest absolute Gasteiger partial charge is 0.338 e. The summed E-state index contributed by atoms with van der Waals surface area (Å²) >= 11 is 0. The van der Waals surface area contributed by atoms with Gasteiger partial charge >= 0.3 is 5.97 Å². The van der Waals surface area contributed by atoms with Crippen LogP contribution in [-0.2, 0) is 9.53 Å². The van der Waals surface area contributed by atoms with Crippen molar-refractivity contribution in [3.63, 3.8) is 0 Å². The predicted octanol–water partition coefficient (Wildman–Crippen LogP) is 3.91. The Morgan fingerprint density at radius 3 is 2.50 bits per heavy atom. The van der Waals surface area contributed by atoms with Crippen LogP contribution in [-0.4, -0.2) is 32.2 Å². The second kappa shape index (κ2) is 11.0. The van der Waals surface area contributed by atoms with Crippen LogP contribution in [0.3, 0.4) is 0 Å². The van der Waals surface area contributed by atoms with Gasteiger partial charge in [-0.1, -0.05) is 43.7 Å². The van der Waals surface area contributed by atoms with E-state index in [1.807, 2.05) is 37.3 Å². The number of unbranched alkanes of at least 4 members (excludes halogenated alkanes) is 1. The van der Waals surface area contributed by atoms with E-state index in [9.17, 15) is 9.59 Å². The van der Waals surface area contributed by atoms with Gasteiger partial charge in [0, 0.05) is 0 Å². The summed E-state index contributed by atoms with van der Waals surface area (Å²) in [6.45, 7) is 4.18. The lowest BCUT2D eigenvalue weighted by molar-refractivity contribution is -0.124. The molecule has 2 aromatic rings. The molecule has 0 spiro atoms. The Labute approximate surface area is 165 Å². The lowest BCUT2D eigenvalue weighted by atomic mass is 10.1. The maximum Gasteiger partial charge on any atom is 0.338 e. The van der Waals surface area contributed by atoms with E-state index in [-0.39, 0.29) is 18.6 Å². The van der Waals surface area contributed by atoms with E-state index in [0.29, 0.717) is 23.7 Å². The minimum absolute atomic E-state index is 0.174. The number of carbonyl (C=O) groups is 2. The van der Waals surface area contributed by atoms with Crippen LogP contribution >= 0.6 is 0 Å². The summed E-state index contributed by atoms with van der Waals surface area (Å²) in [5.74, 6) is 0.0618. The highest BCUT2D eigenvalue weighted by Crippen LogP contribution is 2.28. The van der Waals surface area contributed by atoms with Gasteiger partial charge in [0.2, 0.25) is 0 Å². The number of hydrogen-bond acceptors (Lipinski definition) is 5. The Balaban J connectivity index is 1.89. The first-order valence-corrected chi connectivity index (χ1v) is 9.37. The van der Waals surface area contributed by atoms with E-state index in [1.54, 1.807) is 18.2 Å². The van der Waals surface area contributed by atoms with Crippen LogP contribution in [0.25, 0.3) is 0 Å². The topological polar surface area (TPSA) is 73.9 Å². The van der Waals surface area contributed by atoms with Crippen molar-refractivity contribution in [2.24, 2.45) is 0 Å². The molecule has 0 aliphatic heterocycles. The summed E-state index contributed by atoms with van der Waals surface area (Å²) in [7, 11) is 1.51. The fourth-order valence-electron chi connectivity index (χ4n) is 2.56. The largest absolute Gasteiger partial charge is 0.493 e. The van der Waals surface area contributed by atoms with Crippen molar-refractivity contribution in [2.45, 2.75) is 32.7 Å². The van der Waals surface area contributed by atoms with Crippen LogP contribution < -0.4 is 14.8 Å². The Morgan fingerprint density at radius 1 is 1.07 bits per heavy atom. The van der Waals surface area contributed by atoms with Gasteiger partial charge in [0.25, 0.3) is 5.91 Å². The molecule has 2 rings (SSSR count). The zero-order valence-electron chi connectivity index (χ0n) is 16.6. The first-order chi connectivity index (χ1) is 13.5. The molecule has 0 aromatic heterocycles. The van der Waals surface area contributed by atoms with Crippen molar-refractivity contribution in [2.75, 3.05) is 20.3 Å². The van der Waals surface area contributed by atoms with Crippen LogP contribution in [0.4, 0.5) is 0 Å². The molecule has 0 heterocycles. The van der Waals surface area contributed by atoms with E-state index >= 15 is 0 Å². The fourth-order valence-corrected chi connectivity index (χ4v) is 2.56. The van der Waals surface area contributed by atoms with E-state index < -0.39 is 5.97 Å². The molecule has 0 bridgehead atoms. The predicted molar refractivity (Wildman–Crippen MR) is 107 cm³/mol. The highest BCUT2D eigenvalue weighted by atomic mass is 16.5. The number of methoxy groups -OCH3 is 1. The maximum atomic E-state index is 12.2. The van der Waals surface area contributed by atoms with Crippen molar-refractivity contribution in [3.05, 3.63) is 59.7 Å². The van der Waals surface area contributed by atoms with Crippen molar-refractivity contribution in [1.82, 2.24) is 5.32 Å². The molecule has 1 atom stereocenters. The second-order valence-electron chi connectivity index (χ2n) is 6.34. The molecule has 150 valence electrons. The van der Waals surface area contributed by atoms with Crippen LogP contribution in [0.5, 0.6) is 11.5 Å². The summed E-state index contributed by atoms with van der Waals surface area (Å²) in [4.78, 5) is 24.3. The number of amides is 1. The molecule has 0 aliphatic carbocycles. The first-order valence-electron chi connectivity index (χ1n) is 9.37. The van der Waals surface area contributed by atoms with Crippen molar-refractivity contribution >= 4 is 11.9 Å². The van der Waals surface area contributed by atoms with Gasteiger partial charge in [-0.2, -0.15) is 0 Å². The third kappa shape index (κ3) is 6.30.